The average Bonchev–Trinajstić information content (AvgIpc) is 2.27. The molecule has 0 aliphatic rings. The number of methoxy groups -OCH3 is 1. The van der Waals surface area contributed by atoms with Crippen molar-refractivity contribution in [2.24, 2.45) is 0 Å². The number of hydrogen-bond donors (Lipinski definition) is 0. The molecular formula is C12H14O3. The summed E-state index contributed by atoms with van der Waals surface area (Å²) in [7, 11) is 1.20. The number of Topliss-reactive ketones (excluding diaryl/α,β-unsaturated/α-hetero) is 1. The summed E-state index contributed by atoms with van der Waals surface area (Å²) in [6, 6.07) is 6.99. The predicted octanol–water partition coefficient (Wildman–Crippen LogP) is 2.17. The van der Waals surface area contributed by atoms with Gasteiger partial charge >= 0.3 is 5.97 Å². The minimum Gasteiger partial charge on any atom is -0.463 e. The summed E-state index contributed by atoms with van der Waals surface area (Å²) in [4.78, 5) is 22.3. The molecule has 0 saturated carbocycles. The molecule has 3 nitrogen and oxygen atoms in total. The molecule has 0 heterocycles. The van der Waals surface area contributed by atoms with Crippen LogP contribution in [-0.2, 0) is 9.53 Å². The Morgan fingerprint density at radius 2 is 1.67 bits per heavy atom. The first-order chi connectivity index (χ1) is 7.06. The second-order valence-corrected chi connectivity index (χ2v) is 3.60. The zero-order valence-electron chi connectivity index (χ0n) is 9.11. The Balaban J connectivity index is 2.89. The summed E-state index contributed by atoms with van der Waals surface area (Å²) in [5.41, 5.74) is 1.50. The van der Waals surface area contributed by atoms with Crippen LogP contribution >= 0.6 is 0 Å². The van der Waals surface area contributed by atoms with E-state index in [1.54, 1.807) is 12.1 Å². The van der Waals surface area contributed by atoms with Crippen LogP contribution in [0.25, 0.3) is 0 Å². The van der Waals surface area contributed by atoms with Crippen LogP contribution in [0.5, 0.6) is 0 Å². The maximum atomic E-state index is 11.4. The van der Waals surface area contributed by atoms with E-state index in [-0.39, 0.29) is 0 Å². The Labute approximate surface area is 89.1 Å². The number of ether oxygens (including phenoxy) is 1. The molecule has 15 heavy (non-hydrogen) atoms. The molecule has 3 heteroatoms. The minimum atomic E-state index is -0.827. The van der Waals surface area contributed by atoms with Crippen molar-refractivity contribution in [3.8, 4) is 0 Å². The van der Waals surface area contributed by atoms with Gasteiger partial charge in [-0.15, -0.1) is 0 Å². The normalized spacial score (nSPS) is 10.1. The van der Waals surface area contributed by atoms with E-state index in [9.17, 15) is 9.59 Å². The lowest BCUT2D eigenvalue weighted by molar-refractivity contribution is -0.135. The summed E-state index contributed by atoms with van der Waals surface area (Å²) in [5, 5.41) is 0. The second kappa shape index (κ2) is 4.73. The van der Waals surface area contributed by atoms with Crippen LogP contribution in [0.3, 0.4) is 0 Å². The molecule has 0 spiro atoms. The highest BCUT2D eigenvalue weighted by Crippen LogP contribution is 2.15. The van der Waals surface area contributed by atoms with Gasteiger partial charge in [0, 0.05) is 5.56 Å². The number of carbonyl (C=O) groups excluding carboxylic acids is 2. The molecule has 0 radical (unpaired) electrons. The number of ketones is 1. The van der Waals surface area contributed by atoms with Gasteiger partial charge in [-0.2, -0.15) is 0 Å². The summed E-state index contributed by atoms with van der Waals surface area (Å²) in [6.07, 6.45) is 0. The van der Waals surface area contributed by atoms with Crippen LogP contribution in [-0.4, -0.2) is 18.9 Å². The molecule has 0 fully saturated rings. The monoisotopic (exact) mass is 206 g/mol. The quantitative estimate of drug-likeness (QED) is 0.432. The fraction of sp³-hybridized carbons (Fsp3) is 0.333. The fourth-order valence-electron chi connectivity index (χ4n) is 1.23. The van der Waals surface area contributed by atoms with Crippen LogP contribution < -0.4 is 0 Å². The highest BCUT2D eigenvalue weighted by Gasteiger charge is 2.16. The molecule has 1 aromatic carbocycles. The van der Waals surface area contributed by atoms with E-state index in [0.717, 1.165) is 5.56 Å². The molecule has 0 N–H and O–H groups in total. The van der Waals surface area contributed by atoms with Gasteiger partial charge in [0.05, 0.1) is 7.11 Å². The molecular weight excluding hydrogens is 192 g/mol. The molecule has 0 aliphatic heterocycles. The Morgan fingerprint density at radius 3 is 2.07 bits per heavy atom. The molecule has 0 atom stereocenters. The van der Waals surface area contributed by atoms with Gasteiger partial charge in [0.15, 0.2) is 0 Å². The zero-order chi connectivity index (χ0) is 11.4. The molecule has 80 valence electrons. The van der Waals surface area contributed by atoms with E-state index < -0.39 is 11.8 Å². The summed E-state index contributed by atoms with van der Waals surface area (Å²) >= 11 is 0. The fourth-order valence-corrected chi connectivity index (χ4v) is 1.23. The number of carbonyl (C=O) groups is 2. The number of benzene rings is 1. The van der Waals surface area contributed by atoms with Gasteiger partial charge < -0.3 is 4.74 Å². The Hall–Kier alpha value is -1.64. The SMILES string of the molecule is COC(=O)C(=O)c1ccc(C(C)C)cc1. The van der Waals surface area contributed by atoms with E-state index in [2.05, 4.69) is 18.6 Å². The summed E-state index contributed by atoms with van der Waals surface area (Å²) in [5.74, 6) is -1.02. The zero-order valence-corrected chi connectivity index (χ0v) is 9.11. The van der Waals surface area contributed by atoms with Crippen molar-refractivity contribution < 1.29 is 14.3 Å². The second-order valence-electron chi connectivity index (χ2n) is 3.60. The van der Waals surface area contributed by atoms with Gasteiger partial charge in [0.25, 0.3) is 5.78 Å². The summed E-state index contributed by atoms with van der Waals surface area (Å²) in [6.45, 7) is 4.13. The largest absolute Gasteiger partial charge is 0.463 e. The van der Waals surface area contributed by atoms with Crippen molar-refractivity contribution in [1.82, 2.24) is 0 Å². The van der Waals surface area contributed by atoms with Crippen LogP contribution in [0.2, 0.25) is 0 Å². The van der Waals surface area contributed by atoms with E-state index in [0.29, 0.717) is 11.5 Å². The first-order valence-electron chi connectivity index (χ1n) is 4.79. The highest BCUT2D eigenvalue weighted by atomic mass is 16.5. The van der Waals surface area contributed by atoms with E-state index in [1.807, 2.05) is 12.1 Å². The minimum absolute atomic E-state index is 0.367. The van der Waals surface area contributed by atoms with E-state index >= 15 is 0 Å². The number of hydrogen-bond acceptors (Lipinski definition) is 3. The molecule has 0 aliphatic carbocycles. The molecule has 0 bridgehead atoms. The van der Waals surface area contributed by atoms with E-state index in [4.69, 9.17) is 0 Å². The van der Waals surface area contributed by atoms with Crippen LogP contribution in [0.4, 0.5) is 0 Å². The first kappa shape index (κ1) is 11.4. The van der Waals surface area contributed by atoms with Crippen LogP contribution in [0.15, 0.2) is 24.3 Å². The molecule has 0 aromatic heterocycles. The van der Waals surface area contributed by atoms with Crippen LogP contribution in [0, 0.1) is 0 Å². The predicted molar refractivity (Wildman–Crippen MR) is 56.9 cm³/mol. The lowest BCUT2D eigenvalue weighted by Crippen LogP contribution is -2.15. The van der Waals surface area contributed by atoms with Gasteiger partial charge in [0.1, 0.15) is 0 Å². The number of rotatable bonds is 3. The smallest absolute Gasteiger partial charge is 0.379 e. The first-order valence-corrected chi connectivity index (χ1v) is 4.79. The van der Waals surface area contributed by atoms with Gasteiger partial charge in [-0.05, 0) is 11.5 Å². The van der Waals surface area contributed by atoms with Gasteiger partial charge in [-0.1, -0.05) is 38.1 Å². The third-order valence-electron chi connectivity index (χ3n) is 2.21. The highest BCUT2D eigenvalue weighted by molar-refractivity contribution is 6.40. The lowest BCUT2D eigenvalue weighted by Gasteiger charge is -2.05. The maximum absolute atomic E-state index is 11.4. The average molecular weight is 206 g/mol. The summed E-state index contributed by atoms with van der Waals surface area (Å²) < 4.78 is 4.36. The van der Waals surface area contributed by atoms with Gasteiger partial charge in [-0.3, -0.25) is 4.79 Å². The Kier molecular flexibility index (Phi) is 3.61. The topological polar surface area (TPSA) is 43.4 Å². The van der Waals surface area contributed by atoms with E-state index in [1.165, 1.54) is 7.11 Å². The third-order valence-corrected chi connectivity index (χ3v) is 2.21. The van der Waals surface area contributed by atoms with Crippen molar-refractivity contribution in [1.29, 1.82) is 0 Å². The molecule has 0 unspecified atom stereocenters. The van der Waals surface area contributed by atoms with Crippen molar-refractivity contribution in [3.05, 3.63) is 35.4 Å². The van der Waals surface area contributed by atoms with Crippen molar-refractivity contribution >= 4 is 11.8 Å². The Morgan fingerprint density at radius 1 is 1.13 bits per heavy atom. The molecule has 0 amide bonds. The Bertz CT molecular complexity index is 363. The van der Waals surface area contributed by atoms with Crippen molar-refractivity contribution in [2.45, 2.75) is 19.8 Å². The van der Waals surface area contributed by atoms with Crippen molar-refractivity contribution in [2.75, 3.05) is 7.11 Å². The third kappa shape index (κ3) is 2.65. The number of esters is 1. The van der Waals surface area contributed by atoms with Gasteiger partial charge in [0.2, 0.25) is 0 Å². The lowest BCUT2D eigenvalue weighted by atomic mass is 10.0. The van der Waals surface area contributed by atoms with Crippen LogP contribution in [0.1, 0.15) is 35.7 Å². The molecule has 1 aromatic rings. The maximum Gasteiger partial charge on any atom is 0.379 e. The van der Waals surface area contributed by atoms with Gasteiger partial charge in [-0.25, -0.2) is 4.79 Å². The van der Waals surface area contributed by atoms with Crippen molar-refractivity contribution in [3.63, 3.8) is 0 Å². The standard InChI is InChI=1S/C12H14O3/c1-8(2)9-4-6-10(7-5-9)11(13)12(14)15-3/h4-8H,1-3H3. The molecule has 0 saturated heterocycles. The molecule has 1 rings (SSSR count).